The number of ether oxygens (including phenoxy) is 1. The first-order chi connectivity index (χ1) is 7.78. The Morgan fingerprint density at radius 3 is 2.94 bits per heavy atom. The van der Waals surface area contributed by atoms with Crippen molar-refractivity contribution in [1.29, 1.82) is 0 Å². The highest BCUT2D eigenvalue weighted by atomic mass is 16.5. The van der Waals surface area contributed by atoms with Crippen LogP contribution < -0.4 is 11.1 Å². The van der Waals surface area contributed by atoms with Crippen molar-refractivity contribution < 1.29 is 4.74 Å². The molecule has 0 spiro atoms. The van der Waals surface area contributed by atoms with E-state index >= 15 is 0 Å². The molecule has 0 aliphatic heterocycles. The Morgan fingerprint density at radius 1 is 1.50 bits per heavy atom. The minimum atomic E-state index is 0.392. The van der Waals surface area contributed by atoms with Crippen LogP contribution in [-0.4, -0.2) is 23.6 Å². The number of hydrogen-bond acceptors (Lipinski definition) is 5. The number of nitrogens with one attached hydrogen (secondary N) is 1. The largest absolute Gasteiger partial charge is 0.384 e. The molecule has 1 saturated carbocycles. The van der Waals surface area contributed by atoms with Gasteiger partial charge < -0.3 is 15.8 Å². The maximum atomic E-state index is 5.70. The summed E-state index contributed by atoms with van der Waals surface area (Å²) in [6.45, 7) is 1.37. The highest BCUT2D eigenvalue weighted by molar-refractivity contribution is 5.44. The van der Waals surface area contributed by atoms with E-state index in [4.69, 9.17) is 10.5 Å². The SMILES string of the molecule is COCc1nc(N)cc(NCC2CCC2)n1. The second-order valence-corrected chi connectivity index (χ2v) is 4.21. The molecular formula is C11H18N4O. The lowest BCUT2D eigenvalue weighted by molar-refractivity contribution is 0.178. The van der Waals surface area contributed by atoms with Gasteiger partial charge in [0.25, 0.3) is 0 Å². The lowest BCUT2D eigenvalue weighted by Gasteiger charge is -2.25. The van der Waals surface area contributed by atoms with Gasteiger partial charge in [-0.2, -0.15) is 0 Å². The molecule has 0 saturated heterocycles. The zero-order chi connectivity index (χ0) is 11.4. The molecule has 0 bridgehead atoms. The molecule has 16 heavy (non-hydrogen) atoms. The van der Waals surface area contributed by atoms with Crippen LogP contribution >= 0.6 is 0 Å². The Kier molecular flexibility index (Phi) is 3.56. The topological polar surface area (TPSA) is 73.1 Å². The van der Waals surface area contributed by atoms with Gasteiger partial charge in [-0.15, -0.1) is 0 Å². The molecule has 88 valence electrons. The van der Waals surface area contributed by atoms with Gasteiger partial charge in [0.05, 0.1) is 0 Å². The molecule has 1 fully saturated rings. The predicted molar refractivity (Wildman–Crippen MR) is 63.0 cm³/mol. The summed E-state index contributed by atoms with van der Waals surface area (Å²) in [5.41, 5.74) is 5.70. The van der Waals surface area contributed by atoms with Crippen LogP contribution in [-0.2, 0) is 11.3 Å². The third-order valence-electron chi connectivity index (χ3n) is 2.86. The van der Waals surface area contributed by atoms with Crippen LogP contribution in [0.1, 0.15) is 25.1 Å². The van der Waals surface area contributed by atoms with Crippen LogP contribution in [0, 0.1) is 5.92 Å². The van der Waals surface area contributed by atoms with E-state index in [1.165, 1.54) is 19.3 Å². The van der Waals surface area contributed by atoms with Crippen molar-refractivity contribution in [2.75, 3.05) is 24.7 Å². The van der Waals surface area contributed by atoms with Crippen LogP contribution in [0.4, 0.5) is 11.6 Å². The number of nitrogens with zero attached hydrogens (tertiary/aromatic N) is 2. The lowest BCUT2D eigenvalue weighted by atomic mass is 9.85. The standard InChI is InChI=1S/C11H18N4O/c1-16-7-11-14-9(12)5-10(15-11)13-6-8-3-2-4-8/h5,8H,2-4,6-7H2,1H3,(H3,12,13,14,15). The maximum absolute atomic E-state index is 5.70. The van der Waals surface area contributed by atoms with Gasteiger partial charge in [0.2, 0.25) is 0 Å². The second-order valence-electron chi connectivity index (χ2n) is 4.21. The Morgan fingerprint density at radius 2 is 2.31 bits per heavy atom. The van der Waals surface area contributed by atoms with Gasteiger partial charge in [0.1, 0.15) is 18.2 Å². The Bertz CT molecular complexity index is 352. The number of rotatable bonds is 5. The summed E-state index contributed by atoms with van der Waals surface area (Å²) in [7, 11) is 1.62. The van der Waals surface area contributed by atoms with Crippen molar-refractivity contribution >= 4 is 11.6 Å². The van der Waals surface area contributed by atoms with E-state index in [9.17, 15) is 0 Å². The fourth-order valence-electron chi connectivity index (χ4n) is 1.75. The van der Waals surface area contributed by atoms with Crippen molar-refractivity contribution in [3.63, 3.8) is 0 Å². The van der Waals surface area contributed by atoms with Gasteiger partial charge in [-0.1, -0.05) is 6.42 Å². The third-order valence-corrected chi connectivity index (χ3v) is 2.86. The van der Waals surface area contributed by atoms with Crippen LogP contribution in [0.2, 0.25) is 0 Å². The predicted octanol–water partition coefficient (Wildman–Crippen LogP) is 1.42. The summed E-state index contributed by atoms with van der Waals surface area (Å²) in [5.74, 6) is 2.70. The van der Waals surface area contributed by atoms with Crippen molar-refractivity contribution in [3.8, 4) is 0 Å². The first-order valence-corrected chi connectivity index (χ1v) is 5.64. The molecule has 5 nitrogen and oxygen atoms in total. The summed E-state index contributed by atoms with van der Waals surface area (Å²) in [5, 5.41) is 3.30. The van der Waals surface area contributed by atoms with Gasteiger partial charge in [0.15, 0.2) is 5.82 Å². The van der Waals surface area contributed by atoms with Crippen molar-refractivity contribution in [2.45, 2.75) is 25.9 Å². The van der Waals surface area contributed by atoms with Crippen LogP contribution in [0.5, 0.6) is 0 Å². The Hall–Kier alpha value is -1.36. The molecule has 3 N–H and O–H groups in total. The smallest absolute Gasteiger partial charge is 0.158 e. The minimum absolute atomic E-state index is 0.392. The number of methoxy groups -OCH3 is 1. The van der Waals surface area contributed by atoms with Crippen molar-refractivity contribution in [1.82, 2.24) is 9.97 Å². The van der Waals surface area contributed by atoms with E-state index in [2.05, 4.69) is 15.3 Å². The minimum Gasteiger partial charge on any atom is -0.384 e. The van der Waals surface area contributed by atoms with Gasteiger partial charge in [0, 0.05) is 19.7 Å². The van der Waals surface area contributed by atoms with Gasteiger partial charge in [-0.3, -0.25) is 0 Å². The van der Waals surface area contributed by atoms with Gasteiger partial charge >= 0.3 is 0 Å². The third kappa shape index (κ3) is 2.82. The van der Waals surface area contributed by atoms with E-state index in [0.717, 1.165) is 18.3 Å². The average molecular weight is 222 g/mol. The summed E-state index contributed by atoms with van der Waals surface area (Å²) in [6, 6.07) is 1.76. The van der Waals surface area contributed by atoms with E-state index in [-0.39, 0.29) is 0 Å². The normalized spacial score (nSPS) is 15.8. The first kappa shape index (κ1) is 11.1. The summed E-state index contributed by atoms with van der Waals surface area (Å²) in [6.07, 6.45) is 3.99. The molecule has 0 atom stereocenters. The van der Waals surface area contributed by atoms with Crippen LogP contribution in [0.3, 0.4) is 0 Å². The van der Waals surface area contributed by atoms with E-state index in [0.29, 0.717) is 18.2 Å². The van der Waals surface area contributed by atoms with E-state index < -0.39 is 0 Å². The zero-order valence-corrected chi connectivity index (χ0v) is 9.57. The molecule has 0 aromatic carbocycles. The molecule has 5 heteroatoms. The van der Waals surface area contributed by atoms with Crippen LogP contribution in [0.25, 0.3) is 0 Å². The molecule has 0 unspecified atom stereocenters. The molecule has 0 amide bonds. The molecule has 2 rings (SSSR count). The number of nitrogens with two attached hydrogens (primary N) is 1. The van der Waals surface area contributed by atoms with E-state index in [1.54, 1.807) is 13.2 Å². The molecular weight excluding hydrogens is 204 g/mol. The molecule has 1 heterocycles. The van der Waals surface area contributed by atoms with E-state index in [1.807, 2.05) is 0 Å². The lowest BCUT2D eigenvalue weighted by Crippen LogP contribution is -2.21. The monoisotopic (exact) mass is 222 g/mol. The number of aromatic nitrogens is 2. The van der Waals surface area contributed by atoms with Gasteiger partial charge in [-0.25, -0.2) is 9.97 Å². The fraction of sp³-hybridized carbons (Fsp3) is 0.636. The van der Waals surface area contributed by atoms with Crippen LogP contribution in [0.15, 0.2) is 6.07 Å². The Balaban J connectivity index is 1.95. The fourth-order valence-corrected chi connectivity index (χ4v) is 1.75. The maximum Gasteiger partial charge on any atom is 0.158 e. The highest BCUT2D eigenvalue weighted by Gasteiger charge is 2.17. The summed E-state index contributed by atoms with van der Waals surface area (Å²) < 4.78 is 4.99. The van der Waals surface area contributed by atoms with Crippen molar-refractivity contribution in [3.05, 3.63) is 11.9 Å². The quantitative estimate of drug-likeness (QED) is 0.788. The average Bonchev–Trinajstić information content (AvgIpc) is 2.14. The number of anilines is 2. The number of hydrogen-bond donors (Lipinski definition) is 2. The van der Waals surface area contributed by atoms with Crippen molar-refractivity contribution in [2.24, 2.45) is 5.92 Å². The summed E-state index contributed by atoms with van der Waals surface area (Å²) >= 11 is 0. The molecule has 1 aliphatic rings. The zero-order valence-electron chi connectivity index (χ0n) is 9.57. The highest BCUT2D eigenvalue weighted by Crippen LogP contribution is 2.26. The first-order valence-electron chi connectivity index (χ1n) is 5.64. The molecule has 1 aromatic rings. The molecule has 1 aromatic heterocycles. The Labute approximate surface area is 95.4 Å². The molecule has 1 aliphatic carbocycles. The molecule has 0 radical (unpaired) electrons. The summed E-state index contributed by atoms with van der Waals surface area (Å²) in [4.78, 5) is 8.41. The second kappa shape index (κ2) is 5.12. The number of nitrogen functional groups attached to an aromatic ring is 1. The van der Waals surface area contributed by atoms with Gasteiger partial charge in [-0.05, 0) is 18.8 Å².